The number of ether oxygens (including phenoxy) is 1. The average molecular weight is 479 g/mol. The first kappa shape index (κ1) is 23.2. The van der Waals surface area contributed by atoms with E-state index in [0.29, 0.717) is 22.7 Å². The van der Waals surface area contributed by atoms with Gasteiger partial charge in [-0.2, -0.15) is 5.26 Å². The van der Waals surface area contributed by atoms with E-state index in [1.165, 1.54) is 5.56 Å². The lowest BCUT2D eigenvalue weighted by Crippen LogP contribution is -2.51. The molecule has 0 amide bonds. The molecule has 0 unspecified atom stereocenters. The molecule has 3 aromatic rings. The fraction of sp³-hybridized carbons (Fsp3) is 0.444. The van der Waals surface area contributed by atoms with Crippen molar-refractivity contribution in [1.82, 2.24) is 14.9 Å². The first-order valence-corrected chi connectivity index (χ1v) is 12.6. The second kappa shape index (κ2) is 9.04. The van der Waals surface area contributed by atoms with Crippen molar-refractivity contribution >= 4 is 35.8 Å². The maximum atomic E-state index is 9.59. The molecule has 0 bridgehead atoms. The molecule has 8 nitrogen and oxygen atoms in total. The third-order valence-electron chi connectivity index (χ3n) is 8.08. The number of fused-ring (bicyclic) bond motifs is 4. The van der Waals surface area contributed by atoms with Crippen LogP contribution in [-0.4, -0.2) is 74.2 Å². The number of rotatable bonds is 3. The number of aromatic nitrogens is 2. The molecule has 6 rings (SSSR count). The zero-order valence-corrected chi connectivity index (χ0v) is 20.8. The first-order valence-electron chi connectivity index (χ1n) is 12.6. The number of pyridine rings is 2. The predicted molar refractivity (Wildman–Crippen MR) is 142 cm³/mol. The van der Waals surface area contributed by atoms with Crippen LogP contribution in [0.1, 0.15) is 36.2 Å². The SMILES string of the molecule is [B]c1ccc2c(N3C[C@@H](C)N4Cc5nc(N6CC[C@H](N)[C@@H](OC)C6)ccc5[C@H]4C3)ccc(C#N)c2n1. The van der Waals surface area contributed by atoms with Crippen LogP contribution in [0.15, 0.2) is 36.4 Å². The molecule has 0 saturated carbocycles. The maximum Gasteiger partial charge on any atom is 0.141 e. The van der Waals surface area contributed by atoms with E-state index in [0.717, 1.165) is 61.7 Å². The second-order valence-electron chi connectivity index (χ2n) is 10.2. The topological polar surface area (TPSA) is 94.5 Å². The van der Waals surface area contributed by atoms with E-state index in [1.54, 1.807) is 7.11 Å². The van der Waals surface area contributed by atoms with Gasteiger partial charge in [0.1, 0.15) is 19.7 Å². The number of benzene rings is 1. The molecule has 3 aliphatic heterocycles. The van der Waals surface area contributed by atoms with Crippen LogP contribution in [0.4, 0.5) is 11.5 Å². The normalized spacial score (nSPS) is 26.1. The Labute approximate surface area is 213 Å². The quantitative estimate of drug-likeness (QED) is 0.567. The number of anilines is 2. The van der Waals surface area contributed by atoms with E-state index in [4.69, 9.17) is 23.3 Å². The van der Waals surface area contributed by atoms with Crippen LogP contribution in [0.3, 0.4) is 0 Å². The van der Waals surface area contributed by atoms with Crippen molar-refractivity contribution < 1.29 is 4.74 Å². The molecule has 36 heavy (non-hydrogen) atoms. The average Bonchev–Trinajstić information content (AvgIpc) is 3.26. The van der Waals surface area contributed by atoms with Gasteiger partial charge in [-0.25, -0.2) is 4.98 Å². The van der Waals surface area contributed by atoms with Gasteiger partial charge in [0, 0.05) is 63.0 Å². The molecule has 0 aliphatic carbocycles. The summed E-state index contributed by atoms with van der Waals surface area (Å²) in [5, 5.41) is 10.6. The Bertz CT molecular complexity index is 1360. The lowest BCUT2D eigenvalue weighted by atomic mass is 9.98. The Kier molecular flexibility index (Phi) is 5.83. The smallest absolute Gasteiger partial charge is 0.141 e. The third-order valence-corrected chi connectivity index (χ3v) is 8.08. The number of nitrogens with two attached hydrogens (primary N) is 1. The van der Waals surface area contributed by atoms with E-state index >= 15 is 0 Å². The van der Waals surface area contributed by atoms with Gasteiger partial charge in [-0.1, -0.05) is 12.1 Å². The molecule has 2 N–H and O–H groups in total. The fourth-order valence-electron chi connectivity index (χ4n) is 6.11. The third kappa shape index (κ3) is 3.81. The number of piperazine rings is 1. The first-order chi connectivity index (χ1) is 17.5. The molecule has 5 heterocycles. The standard InChI is InChI=1S/C27H30BN7O/c1-16-12-34(22-6-3-17(11-29)27-19(22)4-7-25(28)32-27)14-23-18-5-8-26(31-21(18)13-35(16)23)33-10-9-20(30)24(15-33)36-2/h3-8,16,20,23-24H,9-10,12-15,30H2,1-2H3/t16-,20+,23-,24+/m1/s1. The number of nitrogens with zero attached hydrogens (tertiary/aromatic N) is 6. The van der Waals surface area contributed by atoms with Gasteiger partial charge >= 0.3 is 0 Å². The molecule has 1 aromatic carbocycles. The summed E-state index contributed by atoms with van der Waals surface area (Å²) < 4.78 is 5.61. The molecule has 2 radical (unpaired) electrons. The number of nitriles is 1. The van der Waals surface area contributed by atoms with Gasteiger partial charge in [0.15, 0.2) is 0 Å². The Hall–Kier alpha value is -3.19. The Morgan fingerprint density at radius 1 is 1.08 bits per heavy atom. The highest BCUT2D eigenvalue weighted by Crippen LogP contribution is 2.41. The Balaban J connectivity index is 1.30. The molecule has 0 spiro atoms. The van der Waals surface area contributed by atoms with Crippen LogP contribution in [-0.2, 0) is 11.3 Å². The summed E-state index contributed by atoms with van der Waals surface area (Å²) in [7, 11) is 7.68. The number of hydrogen-bond acceptors (Lipinski definition) is 8. The van der Waals surface area contributed by atoms with E-state index in [1.807, 2.05) is 24.3 Å². The highest BCUT2D eigenvalue weighted by Gasteiger charge is 2.40. The molecule has 2 saturated heterocycles. The van der Waals surface area contributed by atoms with Crippen LogP contribution in [0.25, 0.3) is 10.9 Å². The van der Waals surface area contributed by atoms with Crippen molar-refractivity contribution in [3.8, 4) is 6.07 Å². The van der Waals surface area contributed by atoms with Crippen molar-refractivity contribution in [3.05, 3.63) is 53.2 Å². The van der Waals surface area contributed by atoms with E-state index in [-0.39, 0.29) is 18.2 Å². The van der Waals surface area contributed by atoms with Crippen LogP contribution in [0.5, 0.6) is 0 Å². The minimum atomic E-state index is 0.0285. The number of piperidine rings is 1. The molecular formula is C27H30BN7O. The fourth-order valence-corrected chi connectivity index (χ4v) is 6.11. The Morgan fingerprint density at radius 3 is 2.75 bits per heavy atom. The van der Waals surface area contributed by atoms with Gasteiger partial charge in [-0.05, 0) is 48.8 Å². The number of hydrogen-bond donors (Lipinski definition) is 1. The molecule has 2 fully saturated rings. The summed E-state index contributed by atoms with van der Waals surface area (Å²) in [5.74, 6) is 1.01. The highest BCUT2D eigenvalue weighted by molar-refractivity contribution is 6.31. The van der Waals surface area contributed by atoms with Gasteiger partial charge in [0.05, 0.1) is 28.9 Å². The van der Waals surface area contributed by atoms with Crippen molar-refractivity contribution in [2.24, 2.45) is 5.73 Å². The van der Waals surface area contributed by atoms with Crippen LogP contribution < -0.4 is 21.1 Å². The molecule has 182 valence electrons. The summed E-state index contributed by atoms with van der Waals surface area (Å²) in [6, 6.07) is 15.1. The molecular weight excluding hydrogens is 449 g/mol. The van der Waals surface area contributed by atoms with Gasteiger partial charge in [0.25, 0.3) is 0 Å². The van der Waals surface area contributed by atoms with Crippen molar-refractivity contribution in [2.45, 2.75) is 44.1 Å². The summed E-state index contributed by atoms with van der Waals surface area (Å²) in [4.78, 5) is 16.9. The summed E-state index contributed by atoms with van der Waals surface area (Å²) in [6.07, 6.45) is 0.928. The van der Waals surface area contributed by atoms with Gasteiger partial charge in [-0.3, -0.25) is 9.88 Å². The highest BCUT2D eigenvalue weighted by atomic mass is 16.5. The van der Waals surface area contributed by atoms with Gasteiger partial charge in [0.2, 0.25) is 0 Å². The van der Waals surface area contributed by atoms with Crippen molar-refractivity contribution in [2.75, 3.05) is 43.1 Å². The van der Waals surface area contributed by atoms with E-state index < -0.39 is 0 Å². The predicted octanol–water partition coefficient (Wildman–Crippen LogP) is 1.61. The van der Waals surface area contributed by atoms with Gasteiger partial charge in [-0.15, -0.1) is 0 Å². The molecule has 2 aromatic heterocycles. The lowest BCUT2D eigenvalue weighted by Gasteiger charge is -2.43. The van der Waals surface area contributed by atoms with Crippen LogP contribution in [0.2, 0.25) is 0 Å². The molecule has 9 heteroatoms. The summed E-state index contributed by atoms with van der Waals surface area (Å²) in [6.45, 7) is 6.55. The zero-order valence-electron chi connectivity index (χ0n) is 20.8. The maximum absolute atomic E-state index is 9.59. The van der Waals surface area contributed by atoms with Crippen LogP contribution >= 0.6 is 0 Å². The summed E-state index contributed by atoms with van der Waals surface area (Å²) >= 11 is 0. The largest absolute Gasteiger partial charge is 0.378 e. The van der Waals surface area contributed by atoms with Crippen molar-refractivity contribution in [3.63, 3.8) is 0 Å². The Morgan fingerprint density at radius 2 is 1.94 bits per heavy atom. The van der Waals surface area contributed by atoms with E-state index in [2.05, 4.69) is 44.8 Å². The number of methoxy groups -OCH3 is 1. The zero-order chi connectivity index (χ0) is 25.0. The monoisotopic (exact) mass is 479 g/mol. The molecule has 4 atom stereocenters. The van der Waals surface area contributed by atoms with E-state index in [9.17, 15) is 5.26 Å². The van der Waals surface area contributed by atoms with Gasteiger partial charge < -0.3 is 20.3 Å². The lowest BCUT2D eigenvalue weighted by molar-refractivity contribution is 0.0728. The van der Waals surface area contributed by atoms with Crippen molar-refractivity contribution in [1.29, 1.82) is 5.26 Å². The van der Waals surface area contributed by atoms with Crippen LogP contribution in [0, 0.1) is 11.3 Å². The summed E-state index contributed by atoms with van der Waals surface area (Å²) in [5.41, 5.74) is 11.4. The molecule has 3 aliphatic rings. The second-order valence-corrected chi connectivity index (χ2v) is 10.2. The minimum Gasteiger partial charge on any atom is -0.378 e. The minimum absolute atomic E-state index is 0.0285.